The average molecular weight is 691 g/mol. The highest BCUT2D eigenvalue weighted by molar-refractivity contribution is 6.35. The van der Waals surface area contributed by atoms with Crippen LogP contribution >= 0.6 is 23.2 Å². The second-order valence-corrected chi connectivity index (χ2v) is 14.6. The molecule has 0 aromatic heterocycles. The number of amides is 2. The number of nitrogens with one attached hydrogen (secondary N) is 3. The lowest BCUT2D eigenvalue weighted by molar-refractivity contribution is -0.129. The van der Waals surface area contributed by atoms with Crippen molar-refractivity contribution in [1.29, 1.82) is 0 Å². The molecule has 0 unspecified atom stereocenters. The topological polar surface area (TPSA) is 79.5 Å². The third kappa shape index (κ3) is 9.59. The zero-order valence-electron chi connectivity index (χ0n) is 27.7. The summed E-state index contributed by atoms with van der Waals surface area (Å²) in [5.74, 6) is -0.429. The molecule has 1 heterocycles. The molecule has 1 aliphatic rings. The van der Waals surface area contributed by atoms with E-state index in [1.165, 1.54) is 6.07 Å². The fraction of sp³-hybridized carbons (Fsp3) is 0.333. The van der Waals surface area contributed by atoms with Crippen LogP contribution in [-0.4, -0.2) is 35.0 Å². The molecule has 5 rings (SSSR count). The summed E-state index contributed by atoms with van der Waals surface area (Å²) in [6, 6.07) is 25.8. The molecule has 1 atom stereocenters. The number of halogens is 3. The average Bonchev–Trinajstić information content (AvgIpc) is 3.00. The van der Waals surface area contributed by atoms with Gasteiger partial charge in [0.1, 0.15) is 24.2 Å². The molecule has 1 aliphatic heterocycles. The van der Waals surface area contributed by atoms with Crippen molar-refractivity contribution in [2.75, 3.05) is 0 Å². The van der Waals surface area contributed by atoms with Crippen LogP contribution in [0, 0.1) is 5.82 Å². The maximum absolute atomic E-state index is 15.0. The van der Waals surface area contributed by atoms with Gasteiger partial charge in [-0.15, -0.1) is 0 Å². The molecule has 0 radical (unpaired) electrons. The van der Waals surface area contributed by atoms with Gasteiger partial charge in [-0.25, -0.2) is 4.39 Å². The standard InChI is InChI=1S/C39H42Cl2FN3O3/c1-38(2)22-28(23-39(3,4)45-38)43-37(47)35(20-25-13-16-29(17-14-25)48-24-31-32(40)11-8-12-33(31)41)44-36(46)21-26-15-18-30(34(42)19-26)27-9-6-5-7-10-27/h5-19,28,35,45H,20-24H2,1-4H3,(H,43,47)(H,44,46)/t35-/m0/s1. The van der Waals surface area contributed by atoms with Crippen LogP contribution in [0.25, 0.3) is 11.1 Å². The summed E-state index contributed by atoms with van der Waals surface area (Å²) >= 11 is 12.6. The van der Waals surface area contributed by atoms with Crippen LogP contribution < -0.4 is 20.7 Å². The lowest BCUT2D eigenvalue weighted by Gasteiger charge is -2.46. The van der Waals surface area contributed by atoms with E-state index in [0.29, 0.717) is 32.5 Å². The van der Waals surface area contributed by atoms with E-state index < -0.39 is 11.9 Å². The molecule has 0 bridgehead atoms. The largest absolute Gasteiger partial charge is 0.489 e. The fourth-order valence-corrected chi connectivity index (χ4v) is 7.18. The minimum atomic E-state index is -0.847. The van der Waals surface area contributed by atoms with E-state index >= 15 is 4.39 Å². The molecule has 3 N–H and O–H groups in total. The monoisotopic (exact) mass is 689 g/mol. The van der Waals surface area contributed by atoms with Crippen molar-refractivity contribution in [3.8, 4) is 16.9 Å². The van der Waals surface area contributed by atoms with Gasteiger partial charge < -0.3 is 20.7 Å². The molecule has 0 spiro atoms. The lowest BCUT2D eigenvalue weighted by Crippen LogP contribution is -2.63. The molecule has 9 heteroatoms. The van der Waals surface area contributed by atoms with Gasteiger partial charge in [-0.3, -0.25) is 9.59 Å². The van der Waals surface area contributed by atoms with E-state index in [1.54, 1.807) is 30.3 Å². The van der Waals surface area contributed by atoms with Gasteiger partial charge in [0.15, 0.2) is 0 Å². The summed E-state index contributed by atoms with van der Waals surface area (Å²) in [6.07, 6.45) is 1.68. The van der Waals surface area contributed by atoms with Gasteiger partial charge in [-0.1, -0.05) is 83.9 Å². The Hall–Kier alpha value is -3.91. The van der Waals surface area contributed by atoms with E-state index in [-0.39, 0.29) is 48.4 Å². The van der Waals surface area contributed by atoms with Crippen molar-refractivity contribution in [2.24, 2.45) is 0 Å². The third-order valence-electron chi connectivity index (χ3n) is 8.48. The molecule has 0 saturated carbocycles. The second-order valence-electron chi connectivity index (χ2n) is 13.8. The van der Waals surface area contributed by atoms with Gasteiger partial charge >= 0.3 is 0 Å². The maximum atomic E-state index is 15.0. The molecule has 4 aromatic rings. The van der Waals surface area contributed by atoms with E-state index in [0.717, 1.165) is 24.0 Å². The first-order chi connectivity index (χ1) is 22.8. The zero-order chi connectivity index (χ0) is 34.5. The second kappa shape index (κ2) is 15.1. The van der Waals surface area contributed by atoms with Gasteiger partial charge in [-0.05, 0) is 87.6 Å². The van der Waals surface area contributed by atoms with Gasteiger partial charge in [0.25, 0.3) is 0 Å². The van der Waals surface area contributed by atoms with Crippen LogP contribution in [0.15, 0.2) is 91.0 Å². The molecule has 6 nitrogen and oxygen atoms in total. The van der Waals surface area contributed by atoms with Crippen molar-refractivity contribution in [3.63, 3.8) is 0 Å². The highest BCUT2D eigenvalue weighted by Crippen LogP contribution is 2.29. The number of hydrogen-bond donors (Lipinski definition) is 3. The van der Waals surface area contributed by atoms with Gasteiger partial charge in [-0.2, -0.15) is 0 Å². The first-order valence-corrected chi connectivity index (χ1v) is 16.9. The normalized spacial score (nSPS) is 16.1. The molecular weight excluding hydrogens is 648 g/mol. The maximum Gasteiger partial charge on any atom is 0.243 e. The number of ether oxygens (including phenoxy) is 1. The van der Waals surface area contributed by atoms with Crippen LogP contribution in [0.1, 0.15) is 57.2 Å². The molecule has 252 valence electrons. The van der Waals surface area contributed by atoms with Crippen molar-refractivity contribution >= 4 is 35.0 Å². The third-order valence-corrected chi connectivity index (χ3v) is 9.19. The van der Waals surface area contributed by atoms with Gasteiger partial charge in [0.05, 0.1) is 6.42 Å². The Morgan fingerprint density at radius 2 is 1.50 bits per heavy atom. The number of carbonyl (C=O) groups excluding carboxylic acids is 2. The lowest BCUT2D eigenvalue weighted by atomic mass is 9.79. The van der Waals surface area contributed by atoms with Gasteiger partial charge in [0.2, 0.25) is 11.8 Å². The summed E-state index contributed by atoms with van der Waals surface area (Å²) in [4.78, 5) is 27.2. The number of rotatable bonds is 11. The molecule has 1 saturated heterocycles. The van der Waals surface area contributed by atoms with E-state index in [2.05, 4.69) is 43.6 Å². The van der Waals surface area contributed by atoms with Gasteiger partial charge in [0, 0.05) is 44.7 Å². The van der Waals surface area contributed by atoms with Crippen molar-refractivity contribution in [2.45, 2.75) is 83.1 Å². The Morgan fingerprint density at radius 3 is 2.12 bits per heavy atom. The predicted octanol–water partition coefficient (Wildman–Crippen LogP) is 8.07. The van der Waals surface area contributed by atoms with E-state index in [1.807, 2.05) is 54.6 Å². The van der Waals surface area contributed by atoms with Crippen molar-refractivity contribution in [3.05, 3.63) is 124 Å². The SMILES string of the molecule is CC1(C)CC(NC(=O)[C@H](Cc2ccc(OCc3c(Cl)cccc3Cl)cc2)NC(=O)Cc2ccc(-c3ccccc3)c(F)c2)CC(C)(C)N1. The summed E-state index contributed by atoms with van der Waals surface area (Å²) in [6.45, 7) is 8.69. The summed E-state index contributed by atoms with van der Waals surface area (Å²) < 4.78 is 21.0. The van der Waals surface area contributed by atoms with Crippen molar-refractivity contribution < 1.29 is 18.7 Å². The number of carbonyl (C=O) groups is 2. The number of hydrogen-bond acceptors (Lipinski definition) is 4. The Kier molecular flexibility index (Phi) is 11.1. The number of benzene rings is 4. The Bertz CT molecular complexity index is 1710. The van der Waals surface area contributed by atoms with Crippen molar-refractivity contribution in [1.82, 2.24) is 16.0 Å². The Labute approximate surface area is 292 Å². The van der Waals surface area contributed by atoms with E-state index in [4.69, 9.17) is 27.9 Å². The first-order valence-electron chi connectivity index (χ1n) is 16.1. The highest BCUT2D eigenvalue weighted by atomic mass is 35.5. The quantitative estimate of drug-likeness (QED) is 0.149. The van der Waals surface area contributed by atoms with Crippen LogP contribution in [-0.2, 0) is 29.0 Å². The highest BCUT2D eigenvalue weighted by Gasteiger charge is 2.39. The Morgan fingerprint density at radius 1 is 0.875 bits per heavy atom. The summed E-state index contributed by atoms with van der Waals surface area (Å²) in [5, 5.41) is 10.8. The molecule has 4 aromatic carbocycles. The molecule has 2 amide bonds. The van der Waals surface area contributed by atoms with Crippen LogP contribution in [0.3, 0.4) is 0 Å². The van der Waals surface area contributed by atoms with Crippen LogP contribution in [0.5, 0.6) is 5.75 Å². The first kappa shape index (κ1) is 35.4. The zero-order valence-corrected chi connectivity index (χ0v) is 29.2. The van der Waals surface area contributed by atoms with Crippen LogP contribution in [0.2, 0.25) is 10.0 Å². The molecule has 1 fully saturated rings. The summed E-state index contributed by atoms with van der Waals surface area (Å²) in [5.41, 5.74) is 2.94. The fourth-order valence-electron chi connectivity index (χ4n) is 6.67. The van der Waals surface area contributed by atoms with Crippen LogP contribution in [0.4, 0.5) is 4.39 Å². The minimum Gasteiger partial charge on any atom is -0.489 e. The summed E-state index contributed by atoms with van der Waals surface area (Å²) in [7, 11) is 0. The smallest absolute Gasteiger partial charge is 0.243 e. The Balaban J connectivity index is 1.29. The molecule has 0 aliphatic carbocycles. The van der Waals surface area contributed by atoms with E-state index in [9.17, 15) is 9.59 Å². The molecule has 48 heavy (non-hydrogen) atoms. The minimum absolute atomic E-state index is 0.0689. The predicted molar refractivity (Wildman–Crippen MR) is 191 cm³/mol. The molecular formula is C39H42Cl2FN3O3. The number of piperidine rings is 1.